The Hall–Kier alpha value is -1.35. The summed E-state index contributed by atoms with van der Waals surface area (Å²) in [5.74, 6) is -1.09. The van der Waals surface area contributed by atoms with Crippen LogP contribution < -0.4 is 9.46 Å². The van der Waals surface area contributed by atoms with Gasteiger partial charge in [-0.05, 0) is 24.6 Å². The highest BCUT2D eigenvalue weighted by Gasteiger charge is 2.37. The maximum atomic E-state index is 12.4. The van der Waals surface area contributed by atoms with E-state index in [0.29, 0.717) is 0 Å². The van der Waals surface area contributed by atoms with Crippen molar-refractivity contribution in [3.05, 3.63) is 23.2 Å². The summed E-state index contributed by atoms with van der Waals surface area (Å²) in [7, 11) is -2.64. The number of halogens is 1. The van der Waals surface area contributed by atoms with E-state index in [1.165, 1.54) is 25.3 Å². The zero-order valence-corrected chi connectivity index (χ0v) is 12.6. The fourth-order valence-electron chi connectivity index (χ4n) is 2.08. The van der Waals surface area contributed by atoms with Crippen LogP contribution in [0.3, 0.4) is 0 Å². The smallest absolute Gasteiger partial charge is 0.334 e. The van der Waals surface area contributed by atoms with Gasteiger partial charge >= 0.3 is 5.97 Å². The molecule has 2 rings (SSSR count). The van der Waals surface area contributed by atoms with E-state index in [1.807, 2.05) is 0 Å². The van der Waals surface area contributed by atoms with Crippen LogP contribution in [0.15, 0.2) is 23.1 Å². The summed E-state index contributed by atoms with van der Waals surface area (Å²) in [6.07, 6.45) is -0.927. The topological polar surface area (TPSA) is 102 Å². The molecule has 1 heterocycles. The molecule has 0 bridgehead atoms. The summed E-state index contributed by atoms with van der Waals surface area (Å²) in [5, 5.41) is 9.22. The summed E-state index contributed by atoms with van der Waals surface area (Å²) >= 11 is 5.81. The number of hydrogen-bond donors (Lipinski definition) is 2. The molecule has 1 saturated heterocycles. The number of hydrogen-bond acceptors (Lipinski definition) is 5. The minimum absolute atomic E-state index is 0.123. The third-order valence-corrected chi connectivity index (χ3v) is 4.80. The fourth-order valence-corrected chi connectivity index (χ4v) is 3.78. The lowest BCUT2D eigenvalue weighted by Gasteiger charge is -2.17. The van der Waals surface area contributed by atoms with E-state index in [4.69, 9.17) is 26.2 Å². The Balaban J connectivity index is 2.30. The molecular weight excluding hydrogens is 322 g/mol. The summed E-state index contributed by atoms with van der Waals surface area (Å²) in [6, 6.07) is 3.33. The van der Waals surface area contributed by atoms with Crippen molar-refractivity contribution in [3.63, 3.8) is 0 Å². The molecule has 7 nitrogen and oxygen atoms in total. The Morgan fingerprint density at radius 1 is 1.52 bits per heavy atom. The number of ether oxygens (including phenoxy) is 2. The molecule has 1 aromatic carbocycles. The second-order valence-electron chi connectivity index (χ2n) is 4.44. The van der Waals surface area contributed by atoms with Crippen molar-refractivity contribution in [1.29, 1.82) is 0 Å². The summed E-state index contributed by atoms with van der Waals surface area (Å²) in [4.78, 5) is 10.9. The third-order valence-electron chi connectivity index (χ3n) is 3.06. The van der Waals surface area contributed by atoms with E-state index >= 15 is 0 Å². The van der Waals surface area contributed by atoms with Gasteiger partial charge in [0.2, 0.25) is 10.0 Å². The monoisotopic (exact) mass is 335 g/mol. The molecule has 0 aliphatic carbocycles. The SMILES string of the molecule is COc1ccc(Cl)cc1S(=O)(=O)N[C@@H]1CCO[C@@H]1C(=O)O. The average Bonchev–Trinajstić information content (AvgIpc) is 2.86. The molecule has 0 unspecified atom stereocenters. The molecule has 1 aliphatic heterocycles. The van der Waals surface area contributed by atoms with Crippen LogP contribution in [-0.2, 0) is 19.6 Å². The van der Waals surface area contributed by atoms with E-state index in [1.54, 1.807) is 0 Å². The number of methoxy groups -OCH3 is 1. The molecule has 9 heteroatoms. The molecule has 1 aromatic rings. The Labute approximate surface area is 126 Å². The zero-order chi connectivity index (χ0) is 15.6. The van der Waals surface area contributed by atoms with Gasteiger partial charge in [0.25, 0.3) is 0 Å². The number of aliphatic carboxylic acids is 1. The number of carboxylic acids is 1. The van der Waals surface area contributed by atoms with Gasteiger partial charge in [0.1, 0.15) is 10.6 Å². The van der Waals surface area contributed by atoms with Crippen LogP contribution in [0.25, 0.3) is 0 Å². The van der Waals surface area contributed by atoms with Gasteiger partial charge in [-0.1, -0.05) is 11.6 Å². The second-order valence-corrected chi connectivity index (χ2v) is 6.56. The fraction of sp³-hybridized carbons (Fsp3) is 0.417. The molecule has 1 fully saturated rings. The van der Waals surface area contributed by atoms with Crippen LogP contribution in [0.5, 0.6) is 5.75 Å². The lowest BCUT2D eigenvalue weighted by Crippen LogP contribution is -2.44. The molecule has 0 spiro atoms. The molecule has 0 aromatic heterocycles. The van der Waals surface area contributed by atoms with Crippen molar-refractivity contribution in [2.75, 3.05) is 13.7 Å². The molecule has 0 saturated carbocycles. The van der Waals surface area contributed by atoms with Crippen molar-refractivity contribution in [3.8, 4) is 5.75 Å². The molecular formula is C12H14ClNO6S. The summed E-state index contributed by atoms with van der Waals surface area (Å²) < 4.78 is 37.1. The van der Waals surface area contributed by atoms with Gasteiger partial charge in [-0.15, -0.1) is 0 Å². The number of rotatable bonds is 5. The highest BCUT2D eigenvalue weighted by molar-refractivity contribution is 7.89. The Bertz CT molecular complexity index is 647. The molecule has 2 atom stereocenters. The number of nitrogens with one attached hydrogen (secondary N) is 1. The highest BCUT2D eigenvalue weighted by Crippen LogP contribution is 2.28. The van der Waals surface area contributed by atoms with Gasteiger partial charge in [0.15, 0.2) is 6.10 Å². The normalized spacial score (nSPS) is 22.2. The van der Waals surface area contributed by atoms with E-state index in [0.717, 1.165) is 0 Å². The zero-order valence-electron chi connectivity index (χ0n) is 11.1. The van der Waals surface area contributed by atoms with Gasteiger partial charge in [0, 0.05) is 11.6 Å². The first-order chi connectivity index (χ1) is 9.85. The van der Waals surface area contributed by atoms with Gasteiger partial charge in [0.05, 0.1) is 13.2 Å². The van der Waals surface area contributed by atoms with Crippen molar-refractivity contribution in [1.82, 2.24) is 4.72 Å². The van der Waals surface area contributed by atoms with Gasteiger partial charge < -0.3 is 14.6 Å². The molecule has 0 amide bonds. The second kappa shape index (κ2) is 6.18. The van der Waals surface area contributed by atoms with Gasteiger partial charge in [-0.3, -0.25) is 0 Å². The van der Waals surface area contributed by atoms with Crippen molar-refractivity contribution in [2.24, 2.45) is 0 Å². The Kier molecular flexibility index (Phi) is 4.72. The predicted molar refractivity (Wildman–Crippen MR) is 74.1 cm³/mol. The molecule has 21 heavy (non-hydrogen) atoms. The summed E-state index contributed by atoms with van der Waals surface area (Å²) in [5.41, 5.74) is 0. The van der Waals surface area contributed by atoms with E-state index in [9.17, 15) is 13.2 Å². The number of benzene rings is 1. The predicted octanol–water partition coefficient (Wildman–Crippen LogP) is 0.869. The van der Waals surface area contributed by atoms with Crippen LogP contribution in [0.4, 0.5) is 0 Å². The largest absolute Gasteiger partial charge is 0.495 e. The standard InChI is InChI=1S/C12H14ClNO6S/c1-19-9-3-2-7(13)6-10(9)21(17,18)14-8-4-5-20-11(8)12(15)16/h2-3,6,8,11,14H,4-5H2,1H3,(H,15,16)/t8-,11+/m1/s1. The first kappa shape index (κ1) is 16.0. The average molecular weight is 336 g/mol. The molecule has 0 radical (unpaired) electrons. The minimum Gasteiger partial charge on any atom is -0.495 e. The Morgan fingerprint density at radius 2 is 2.24 bits per heavy atom. The maximum Gasteiger partial charge on any atom is 0.334 e. The highest BCUT2D eigenvalue weighted by atomic mass is 35.5. The van der Waals surface area contributed by atoms with Crippen LogP contribution in [0.2, 0.25) is 5.02 Å². The number of sulfonamides is 1. The first-order valence-electron chi connectivity index (χ1n) is 6.05. The van der Waals surface area contributed by atoms with E-state index in [-0.39, 0.29) is 28.7 Å². The van der Waals surface area contributed by atoms with Crippen LogP contribution >= 0.6 is 11.6 Å². The van der Waals surface area contributed by atoms with E-state index in [2.05, 4.69) is 4.72 Å². The molecule has 1 aliphatic rings. The lowest BCUT2D eigenvalue weighted by molar-refractivity contribution is -0.147. The van der Waals surface area contributed by atoms with Crippen molar-refractivity contribution in [2.45, 2.75) is 23.5 Å². The van der Waals surface area contributed by atoms with Crippen LogP contribution in [0.1, 0.15) is 6.42 Å². The van der Waals surface area contributed by atoms with Gasteiger partial charge in [-0.2, -0.15) is 0 Å². The lowest BCUT2D eigenvalue weighted by atomic mass is 10.1. The third kappa shape index (κ3) is 3.46. The molecule has 116 valence electrons. The number of carboxylic acid groups (broad SMARTS) is 1. The van der Waals surface area contributed by atoms with Crippen LogP contribution in [-0.4, -0.2) is 45.4 Å². The first-order valence-corrected chi connectivity index (χ1v) is 7.91. The molecule has 2 N–H and O–H groups in total. The van der Waals surface area contributed by atoms with E-state index < -0.39 is 28.1 Å². The quantitative estimate of drug-likeness (QED) is 0.827. The Morgan fingerprint density at radius 3 is 2.86 bits per heavy atom. The van der Waals surface area contributed by atoms with Crippen LogP contribution in [0, 0.1) is 0 Å². The number of carbonyl (C=O) groups is 1. The van der Waals surface area contributed by atoms with Crippen molar-refractivity contribution >= 4 is 27.6 Å². The van der Waals surface area contributed by atoms with Gasteiger partial charge in [-0.25, -0.2) is 17.9 Å². The summed E-state index contributed by atoms with van der Waals surface area (Å²) in [6.45, 7) is 0.177. The minimum atomic E-state index is -3.98. The maximum absolute atomic E-state index is 12.4. The van der Waals surface area contributed by atoms with Crippen molar-refractivity contribution < 1.29 is 27.8 Å².